The van der Waals surface area contributed by atoms with Gasteiger partial charge >= 0.3 is 51.4 Å². The summed E-state index contributed by atoms with van der Waals surface area (Å²) in [7, 11) is -1.35. The van der Waals surface area contributed by atoms with Gasteiger partial charge in [-0.3, -0.25) is 0 Å². The molecule has 0 heterocycles. The Hall–Kier alpha value is 1.03. The summed E-state index contributed by atoms with van der Waals surface area (Å²) in [6.07, 6.45) is 1.03. The molecule has 17 heavy (non-hydrogen) atoms. The quantitative estimate of drug-likeness (QED) is 0.747. The molecule has 1 nitrogen and oxygen atoms in total. The topological polar surface area (TPSA) is 9.23 Å². The number of rotatable bonds is 5. The molecule has 0 aliphatic heterocycles. The van der Waals surface area contributed by atoms with Crippen molar-refractivity contribution < 1.29 is 4.43 Å². The van der Waals surface area contributed by atoms with Crippen LogP contribution in [0.15, 0.2) is 24.3 Å². The molecule has 0 aliphatic rings. The molecule has 1 aromatic rings. The molecule has 1 aromatic carbocycles. The van der Waals surface area contributed by atoms with Crippen LogP contribution < -0.4 is 0 Å². The SMILES string of the molecule is CC(C)c1cccc(CCO[Si](C)(C)C)c1.[KH]. The second-order valence-electron chi connectivity index (χ2n) is 5.61. The Morgan fingerprint density at radius 1 is 1.18 bits per heavy atom. The van der Waals surface area contributed by atoms with Gasteiger partial charge in [0.2, 0.25) is 0 Å². The molecule has 0 aromatic heterocycles. The molecule has 0 unspecified atom stereocenters. The van der Waals surface area contributed by atoms with E-state index in [1.165, 1.54) is 11.1 Å². The van der Waals surface area contributed by atoms with E-state index in [2.05, 4.69) is 57.8 Å². The van der Waals surface area contributed by atoms with Crippen LogP contribution in [0.2, 0.25) is 19.6 Å². The number of benzene rings is 1. The zero-order chi connectivity index (χ0) is 12.2. The Morgan fingerprint density at radius 2 is 1.82 bits per heavy atom. The van der Waals surface area contributed by atoms with Gasteiger partial charge in [-0.1, -0.05) is 38.1 Å². The maximum absolute atomic E-state index is 5.87. The molecule has 0 amide bonds. The van der Waals surface area contributed by atoms with Crippen molar-refractivity contribution in [3.05, 3.63) is 35.4 Å². The Kier molecular flexibility index (Phi) is 8.75. The van der Waals surface area contributed by atoms with Crippen molar-refractivity contribution in [2.24, 2.45) is 0 Å². The van der Waals surface area contributed by atoms with E-state index >= 15 is 0 Å². The van der Waals surface area contributed by atoms with Crippen LogP contribution in [0.5, 0.6) is 0 Å². The Bertz CT molecular complexity index is 331. The Labute approximate surface area is 150 Å². The standard InChI is InChI=1S/C14H24OSi.K.H/c1-12(2)14-8-6-7-13(11-14)9-10-15-16(3,4)5;;/h6-8,11-12H,9-10H2,1-5H3;;. The van der Waals surface area contributed by atoms with E-state index in [1.807, 2.05) is 0 Å². The molecule has 0 N–H and O–H groups in total. The molecule has 3 heteroatoms. The number of hydrogen-bond donors (Lipinski definition) is 0. The maximum atomic E-state index is 5.87. The van der Waals surface area contributed by atoms with Crippen LogP contribution in [0.25, 0.3) is 0 Å². The molecule has 0 fully saturated rings. The van der Waals surface area contributed by atoms with Crippen LogP contribution >= 0.6 is 0 Å². The van der Waals surface area contributed by atoms with Crippen LogP contribution in [-0.2, 0) is 10.8 Å². The fraction of sp³-hybridized carbons (Fsp3) is 0.571. The van der Waals surface area contributed by atoms with Gasteiger partial charge in [-0.2, -0.15) is 0 Å². The van der Waals surface area contributed by atoms with E-state index in [0.29, 0.717) is 5.92 Å². The monoisotopic (exact) mass is 276 g/mol. The number of hydrogen-bond acceptors (Lipinski definition) is 1. The van der Waals surface area contributed by atoms with Gasteiger partial charge in [0.05, 0.1) is 0 Å². The minimum atomic E-state index is -1.35. The average Bonchev–Trinajstić information content (AvgIpc) is 2.16. The van der Waals surface area contributed by atoms with Gasteiger partial charge in [0, 0.05) is 6.61 Å². The van der Waals surface area contributed by atoms with Gasteiger partial charge in [-0.05, 0) is 43.1 Å². The van der Waals surface area contributed by atoms with E-state index in [1.54, 1.807) is 0 Å². The van der Waals surface area contributed by atoms with Crippen molar-refractivity contribution in [3.63, 3.8) is 0 Å². The van der Waals surface area contributed by atoms with Gasteiger partial charge < -0.3 is 4.43 Å². The summed E-state index contributed by atoms with van der Waals surface area (Å²) < 4.78 is 5.87. The minimum absolute atomic E-state index is 0. The zero-order valence-electron chi connectivity index (χ0n) is 11.2. The molecular weight excluding hydrogens is 251 g/mol. The van der Waals surface area contributed by atoms with E-state index in [4.69, 9.17) is 4.43 Å². The van der Waals surface area contributed by atoms with E-state index in [-0.39, 0.29) is 51.4 Å². The van der Waals surface area contributed by atoms with Gasteiger partial charge in [0.15, 0.2) is 8.32 Å². The fourth-order valence-electron chi connectivity index (χ4n) is 1.58. The summed E-state index contributed by atoms with van der Waals surface area (Å²) in [5, 5.41) is 0. The summed E-state index contributed by atoms with van der Waals surface area (Å²) in [6.45, 7) is 12.0. The van der Waals surface area contributed by atoms with Crippen molar-refractivity contribution in [1.29, 1.82) is 0 Å². The van der Waals surface area contributed by atoms with Crippen LogP contribution in [0.3, 0.4) is 0 Å². The van der Waals surface area contributed by atoms with Gasteiger partial charge in [0.25, 0.3) is 0 Å². The molecule has 0 radical (unpaired) electrons. The van der Waals surface area contributed by atoms with Crippen LogP contribution in [0.4, 0.5) is 0 Å². The van der Waals surface area contributed by atoms with E-state index in [0.717, 1.165) is 13.0 Å². The summed E-state index contributed by atoms with van der Waals surface area (Å²) >= 11 is 0. The third kappa shape index (κ3) is 7.93. The second kappa shape index (κ2) is 8.25. The van der Waals surface area contributed by atoms with Gasteiger partial charge in [-0.15, -0.1) is 0 Å². The second-order valence-corrected chi connectivity index (χ2v) is 10.1. The predicted octanol–water partition coefficient (Wildman–Crippen LogP) is 3.56. The molecular formula is C14H25KOSi. The molecule has 0 atom stereocenters. The Morgan fingerprint density at radius 3 is 2.35 bits per heavy atom. The summed E-state index contributed by atoms with van der Waals surface area (Å²) in [6, 6.07) is 8.85. The van der Waals surface area contributed by atoms with E-state index in [9.17, 15) is 0 Å². The Balaban J connectivity index is 0.00000256. The zero-order valence-corrected chi connectivity index (χ0v) is 12.2. The van der Waals surface area contributed by atoms with Gasteiger partial charge in [0.1, 0.15) is 0 Å². The van der Waals surface area contributed by atoms with Gasteiger partial charge in [-0.25, -0.2) is 0 Å². The molecule has 0 bridgehead atoms. The van der Waals surface area contributed by atoms with Crippen LogP contribution in [-0.4, -0.2) is 66.3 Å². The van der Waals surface area contributed by atoms with Crippen molar-refractivity contribution >= 4 is 59.7 Å². The van der Waals surface area contributed by atoms with Crippen LogP contribution in [0.1, 0.15) is 30.9 Å². The summed E-state index contributed by atoms with van der Waals surface area (Å²) in [5.41, 5.74) is 2.81. The third-order valence-corrected chi connectivity index (χ3v) is 3.61. The normalized spacial score (nSPS) is 11.4. The summed E-state index contributed by atoms with van der Waals surface area (Å²) in [5.74, 6) is 0.609. The molecule has 0 saturated heterocycles. The average molecular weight is 277 g/mol. The predicted molar refractivity (Wildman–Crippen MR) is 80.7 cm³/mol. The van der Waals surface area contributed by atoms with Crippen molar-refractivity contribution in [2.75, 3.05) is 6.61 Å². The molecule has 0 aliphatic carbocycles. The van der Waals surface area contributed by atoms with Crippen LogP contribution in [0, 0.1) is 0 Å². The fourth-order valence-corrected chi connectivity index (χ4v) is 2.30. The first-order chi connectivity index (χ1) is 7.38. The first-order valence-electron chi connectivity index (χ1n) is 6.11. The van der Waals surface area contributed by atoms with Crippen molar-refractivity contribution in [1.82, 2.24) is 0 Å². The molecule has 92 valence electrons. The van der Waals surface area contributed by atoms with Crippen molar-refractivity contribution in [3.8, 4) is 0 Å². The summed E-state index contributed by atoms with van der Waals surface area (Å²) in [4.78, 5) is 0. The molecule has 1 rings (SSSR count). The first-order valence-corrected chi connectivity index (χ1v) is 9.52. The third-order valence-electron chi connectivity index (χ3n) is 2.54. The molecule has 0 spiro atoms. The van der Waals surface area contributed by atoms with Crippen molar-refractivity contribution in [2.45, 2.75) is 45.8 Å². The van der Waals surface area contributed by atoms with E-state index < -0.39 is 8.32 Å². The molecule has 0 saturated carbocycles. The first kappa shape index (κ1) is 18.0.